The first-order valence-corrected chi connectivity index (χ1v) is 7.61. The normalized spacial score (nSPS) is 21.9. The van der Waals surface area contributed by atoms with Crippen LogP contribution >= 0.6 is 0 Å². The Morgan fingerprint density at radius 2 is 2.46 bits per heavy atom. The number of hydrazone groups is 1. The van der Waals surface area contributed by atoms with E-state index < -0.39 is 4.92 Å². The summed E-state index contributed by atoms with van der Waals surface area (Å²) in [5, 5.41) is 24.3. The molecule has 2 rings (SSSR count). The molecular formula is C15H20N4O5. The van der Waals surface area contributed by atoms with Crippen molar-refractivity contribution in [2.75, 3.05) is 26.4 Å². The Kier molecular flexibility index (Phi) is 6.64. The van der Waals surface area contributed by atoms with Crippen LogP contribution in [0.2, 0.25) is 0 Å². The zero-order valence-electron chi connectivity index (χ0n) is 13.1. The van der Waals surface area contributed by atoms with Gasteiger partial charge in [0.05, 0.1) is 18.2 Å². The van der Waals surface area contributed by atoms with E-state index in [1.807, 2.05) is 4.90 Å². The monoisotopic (exact) mass is 336 g/mol. The van der Waals surface area contributed by atoms with Crippen LogP contribution in [0.4, 0.5) is 0 Å². The number of aliphatic hydroxyl groups excluding tert-OH is 1. The number of nitrogens with one attached hydrogen (secondary N) is 1. The molecule has 1 saturated heterocycles. The Labute approximate surface area is 139 Å². The van der Waals surface area contributed by atoms with Crippen molar-refractivity contribution < 1.29 is 19.6 Å². The van der Waals surface area contributed by atoms with E-state index in [4.69, 9.17) is 4.74 Å². The maximum Gasteiger partial charge on any atom is 0.310 e. The Bertz CT molecular complexity index is 591. The van der Waals surface area contributed by atoms with Crippen molar-refractivity contribution in [2.45, 2.75) is 12.8 Å². The van der Waals surface area contributed by atoms with E-state index in [-0.39, 0.29) is 29.8 Å². The molecule has 130 valence electrons. The smallest absolute Gasteiger partial charge is 0.310 e. The fourth-order valence-corrected chi connectivity index (χ4v) is 2.32. The molecule has 9 heteroatoms. The summed E-state index contributed by atoms with van der Waals surface area (Å²) in [6.45, 7) is 2.20. The van der Waals surface area contributed by atoms with E-state index in [9.17, 15) is 20.0 Å². The molecule has 0 bridgehead atoms. The largest absolute Gasteiger partial charge is 0.502 e. The fourth-order valence-electron chi connectivity index (χ4n) is 2.32. The summed E-state index contributed by atoms with van der Waals surface area (Å²) in [7, 11) is 0. The lowest BCUT2D eigenvalue weighted by molar-refractivity contribution is -0.423. The zero-order valence-corrected chi connectivity index (χ0v) is 13.1. The molecule has 1 heterocycles. The molecule has 0 aromatic heterocycles. The maximum atomic E-state index is 11.7. The highest BCUT2D eigenvalue weighted by atomic mass is 16.6. The van der Waals surface area contributed by atoms with Crippen molar-refractivity contribution in [1.29, 1.82) is 0 Å². The quantitative estimate of drug-likeness (QED) is 0.423. The first-order chi connectivity index (χ1) is 11.6. The van der Waals surface area contributed by atoms with Gasteiger partial charge in [0.15, 0.2) is 5.76 Å². The molecule has 1 fully saturated rings. The molecule has 1 unspecified atom stereocenters. The van der Waals surface area contributed by atoms with Gasteiger partial charge >= 0.3 is 5.70 Å². The predicted octanol–water partition coefficient (Wildman–Crippen LogP) is 0.947. The molecule has 1 aliphatic heterocycles. The zero-order chi connectivity index (χ0) is 17.4. The number of rotatable bonds is 6. The minimum Gasteiger partial charge on any atom is -0.502 e. The van der Waals surface area contributed by atoms with Crippen LogP contribution in [0.1, 0.15) is 12.8 Å². The summed E-state index contributed by atoms with van der Waals surface area (Å²) in [6.07, 6.45) is 8.66. The number of carbonyl (C=O) groups is 1. The third-order valence-corrected chi connectivity index (χ3v) is 3.51. The van der Waals surface area contributed by atoms with Gasteiger partial charge < -0.3 is 9.84 Å². The van der Waals surface area contributed by atoms with Crippen LogP contribution in [0.5, 0.6) is 0 Å². The van der Waals surface area contributed by atoms with E-state index in [1.54, 1.807) is 6.08 Å². The van der Waals surface area contributed by atoms with E-state index in [2.05, 4.69) is 10.5 Å². The van der Waals surface area contributed by atoms with Crippen LogP contribution in [0, 0.1) is 16.0 Å². The van der Waals surface area contributed by atoms with E-state index in [0.717, 1.165) is 19.6 Å². The second-order valence-corrected chi connectivity index (χ2v) is 5.44. The molecule has 0 radical (unpaired) electrons. The van der Waals surface area contributed by atoms with Crippen LogP contribution in [0.15, 0.2) is 40.9 Å². The van der Waals surface area contributed by atoms with Gasteiger partial charge in [-0.3, -0.25) is 19.8 Å². The molecule has 1 amide bonds. The minimum atomic E-state index is -0.642. The molecule has 2 N–H and O–H groups in total. The van der Waals surface area contributed by atoms with Crippen LogP contribution in [-0.2, 0) is 9.53 Å². The summed E-state index contributed by atoms with van der Waals surface area (Å²) in [5.41, 5.74) is 2.08. The summed E-state index contributed by atoms with van der Waals surface area (Å²) < 4.78 is 5.25. The molecule has 0 saturated carbocycles. The average molecular weight is 336 g/mol. The number of aliphatic hydroxyl groups is 1. The van der Waals surface area contributed by atoms with Crippen molar-refractivity contribution >= 4 is 12.1 Å². The Balaban J connectivity index is 1.75. The molecule has 9 nitrogen and oxygen atoms in total. The summed E-state index contributed by atoms with van der Waals surface area (Å²) in [4.78, 5) is 23.7. The molecule has 0 aromatic carbocycles. The van der Waals surface area contributed by atoms with E-state index in [1.165, 1.54) is 24.4 Å². The highest BCUT2D eigenvalue weighted by Gasteiger charge is 2.19. The lowest BCUT2D eigenvalue weighted by Gasteiger charge is -2.25. The lowest BCUT2D eigenvalue weighted by atomic mass is 10.1. The van der Waals surface area contributed by atoms with Crippen molar-refractivity contribution in [3.8, 4) is 0 Å². The second kappa shape index (κ2) is 8.94. The summed E-state index contributed by atoms with van der Waals surface area (Å²) >= 11 is 0. The third-order valence-electron chi connectivity index (χ3n) is 3.51. The van der Waals surface area contributed by atoms with Gasteiger partial charge in [-0.1, -0.05) is 12.2 Å². The minimum absolute atomic E-state index is 0.220. The Hall–Kier alpha value is -2.52. The topological polar surface area (TPSA) is 117 Å². The van der Waals surface area contributed by atoms with E-state index in [0.29, 0.717) is 13.2 Å². The number of nitro groups is 1. The number of hydrogen-bond donors (Lipinski definition) is 2. The first-order valence-electron chi connectivity index (χ1n) is 7.61. The molecule has 24 heavy (non-hydrogen) atoms. The summed E-state index contributed by atoms with van der Waals surface area (Å²) in [6, 6.07) is 0. The standard InChI is InChI=1S/C15H20N4O5/c20-14-9-12(3-1-4-13(14)19(22)23)5-6-16-17-15(21)10-18-7-2-8-24-11-18/h1,3-4,6,9,12,20H,2,5,7-8,10-11H2,(H,17,21)/b16-6+. The SMILES string of the molecule is O=C(CN1CCCOC1)N/N=C/CC1C=CC=C([N+](=O)[O-])C(O)=C1. The van der Waals surface area contributed by atoms with Gasteiger partial charge in [0.1, 0.15) is 0 Å². The Morgan fingerprint density at radius 3 is 3.17 bits per heavy atom. The van der Waals surface area contributed by atoms with Crippen LogP contribution in [0.3, 0.4) is 0 Å². The number of ether oxygens (including phenoxy) is 1. The van der Waals surface area contributed by atoms with Crippen LogP contribution < -0.4 is 5.43 Å². The van der Waals surface area contributed by atoms with Crippen LogP contribution in [-0.4, -0.2) is 53.5 Å². The fraction of sp³-hybridized carbons (Fsp3) is 0.467. The van der Waals surface area contributed by atoms with Gasteiger partial charge in [0.2, 0.25) is 0 Å². The molecular weight excluding hydrogens is 316 g/mol. The molecule has 2 aliphatic rings. The number of allylic oxidation sites excluding steroid dienone is 4. The van der Waals surface area contributed by atoms with Gasteiger partial charge in [-0.05, 0) is 18.9 Å². The van der Waals surface area contributed by atoms with E-state index >= 15 is 0 Å². The van der Waals surface area contributed by atoms with Gasteiger partial charge in [-0.2, -0.15) is 5.10 Å². The van der Waals surface area contributed by atoms with Crippen molar-refractivity contribution in [3.05, 3.63) is 45.9 Å². The number of carbonyl (C=O) groups excluding carboxylic acids is 1. The Morgan fingerprint density at radius 1 is 1.62 bits per heavy atom. The van der Waals surface area contributed by atoms with Crippen LogP contribution in [0.25, 0.3) is 0 Å². The lowest BCUT2D eigenvalue weighted by Crippen LogP contribution is -2.40. The average Bonchev–Trinajstić information content (AvgIpc) is 2.74. The van der Waals surface area contributed by atoms with Crippen molar-refractivity contribution in [1.82, 2.24) is 10.3 Å². The maximum absolute atomic E-state index is 11.7. The van der Waals surface area contributed by atoms with Gasteiger partial charge in [-0.15, -0.1) is 0 Å². The third kappa shape index (κ3) is 5.60. The van der Waals surface area contributed by atoms with Crippen molar-refractivity contribution in [3.63, 3.8) is 0 Å². The molecule has 0 spiro atoms. The summed E-state index contributed by atoms with van der Waals surface area (Å²) in [5.74, 6) is -0.851. The highest BCUT2D eigenvalue weighted by molar-refractivity contribution is 5.78. The highest BCUT2D eigenvalue weighted by Crippen LogP contribution is 2.18. The molecule has 1 aliphatic carbocycles. The van der Waals surface area contributed by atoms with Gasteiger partial charge in [-0.25, -0.2) is 5.43 Å². The number of amides is 1. The molecule has 1 atom stereocenters. The van der Waals surface area contributed by atoms with Crippen molar-refractivity contribution in [2.24, 2.45) is 11.0 Å². The second-order valence-electron chi connectivity index (χ2n) is 5.44. The number of nitrogens with zero attached hydrogens (tertiary/aromatic N) is 3. The first kappa shape index (κ1) is 17.8. The van der Waals surface area contributed by atoms with Gasteiger partial charge in [0, 0.05) is 31.4 Å². The van der Waals surface area contributed by atoms with Gasteiger partial charge in [0.25, 0.3) is 5.91 Å². The number of hydrogen-bond acceptors (Lipinski definition) is 7. The predicted molar refractivity (Wildman–Crippen MR) is 86.7 cm³/mol. The molecule has 0 aromatic rings.